The minimum atomic E-state index is 0. The van der Waals surface area contributed by atoms with Crippen LogP contribution < -0.4 is 5.32 Å². The van der Waals surface area contributed by atoms with Crippen LogP contribution in [-0.4, -0.2) is 19.3 Å². The molecule has 0 bridgehead atoms. The van der Waals surface area contributed by atoms with Gasteiger partial charge in [0.25, 0.3) is 0 Å². The Morgan fingerprint density at radius 2 is 2.07 bits per heavy atom. The highest BCUT2D eigenvalue weighted by atomic mass is 35.5. The molecule has 1 saturated heterocycles. The van der Waals surface area contributed by atoms with Gasteiger partial charge in [-0.2, -0.15) is 0 Å². The zero-order valence-electron chi connectivity index (χ0n) is 8.43. The Labute approximate surface area is 95.9 Å². The molecule has 0 saturated carbocycles. The number of benzene rings is 1. The van der Waals surface area contributed by atoms with E-state index in [1.54, 1.807) is 0 Å². The molecule has 1 aromatic rings. The third-order valence-electron chi connectivity index (χ3n) is 2.23. The molecule has 1 N–H and O–H groups in total. The molecular formula is C11H15ClN2O. The van der Waals surface area contributed by atoms with Crippen LogP contribution in [0.3, 0.4) is 0 Å². The fourth-order valence-electron chi connectivity index (χ4n) is 1.23. The lowest BCUT2D eigenvalue weighted by molar-refractivity contribution is 0.130. The van der Waals surface area contributed by atoms with Gasteiger partial charge in [-0.05, 0) is 5.56 Å². The summed E-state index contributed by atoms with van der Waals surface area (Å²) in [6.07, 6.45) is 1.87. The molecule has 0 amide bonds. The Bertz CT molecular complexity index is 299. The predicted molar refractivity (Wildman–Crippen MR) is 63.3 cm³/mol. The van der Waals surface area contributed by atoms with Gasteiger partial charge in [-0.3, -0.25) is 0 Å². The highest BCUT2D eigenvalue weighted by Crippen LogP contribution is 2.02. The van der Waals surface area contributed by atoms with Gasteiger partial charge in [0.1, 0.15) is 6.61 Å². The molecule has 0 aromatic heterocycles. The first-order valence-electron chi connectivity index (χ1n) is 4.85. The van der Waals surface area contributed by atoms with Crippen LogP contribution in [0.4, 0.5) is 0 Å². The van der Waals surface area contributed by atoms with Crippen molar-refractivity contribution < 1.29 is 4.84 Å². The Morgan fingerprint density at radius 1 is 1.33 bits per heavy atom. The van der Waals surface area contributed by atoms with Crippen molar-refractivity contribution in [3.8, 4) is 0 Å². The second-order valence-corrected chi connectivity index (χ2v) is 3.43. The summed E-state index contributed by atoms with van der Waals surface area (Å²) in [7, 11) is 0. The molecule has 0 spiro atoms. The van der Waals surface area contributed by atoms with E-state index >= 15 is 0 Å². The summed E-state index contributed by atoms with van der Waals surface area (Å²) < 4.78 is 0. The molecule has 82 valence electrons. The molecule has 3 nitrogen and oxygen atoms in total. The average molecular weight is 227 g/mol. The second-order valence-electron chi connectivity index (χ2n) is 3.43. The van der Waals surface area contributed by atoms with Crippen molar-refractivity contribution in [2.45, 2.75) is 6.61 Å². The van der Waals surface area contributed by atoms with Crippen molar-refractivity contribution in [2.75, 3.05) is 13.1 Å². The number of hydrogen-bond donors (Lipinski definition) is 1. The molecule has 4 heteroatoms. The summed E-state index contributed by atoms with van der Waals surface area (Å²) in [5.41, 5.74) is 1.15. The van der Waals surface area contributed by atoms with E-state index in [0.717, 1.165) is 18.7 Å². The van der Waals surface area contributed by atoms with Crippen molar-refractivity contribution in [3.05, 3.63) is 35.9 Å². The van der Waals surface area contributed by atoms with E-state index in [4.69, 9.17) is 4.84 Å². The summed E-state index contributed by atoms with van der Waals surface area (Å²) in [4.78, 5) is 5.17. The van der Waals surface area contributed by atoms with Crippen molar-refractivity contribution in [1.82, 2.24) is 5.32 Å². The summed E-state index contributed by atoms with van der Waals surface area (Å²) in [5.74, 6) is 0.561. The number of nitrogens with zero attached hydrogens (tertiary/aromatic N) is 1. The van der Waals surface area contributed by atoms with Crippen LogP contribution >= 0.6 is 12.4 Å². The number of oxime groups is 1. The number of halogens is 1. The van der Waals surface area contributed by atoms with Crippen LogP contribution in [0.5, 0.6) is 0 Å². The highest BCUT2D eigenvalue weighted by molar-refractivity contribution is 5.85. The summed E-state index contributed by atoms with van der Waals surface area (Å²) in [5, 5.41) is 7.10. The van der Waals surface area contributed by atoms with E-state index in [-0.39, 0.29) is 12.4 Å². The lowest BCUT2D eigenvalue weighted by Gasteiger charge is -2.22. The van der Waals surface area contributed by atoms with Crippen LogP contribution in [-0.2, 0) is 11.4 Å². The molecule has 1 fully saturated rings. The van der Waals surface area contributed by atoms with Gasteiger partial charge in [0.2, 0.25) is 0 Å². The van der Waals surface area contributed by atoms with Gasteiger partial charge in [-0.15, -0.1) is 12.4 Å². The van der Waals surface area contributed by atoms with Crippen molar-refractivity contribution >= 4 is 18.6 Å². The fraction of sp³-hybridized carbons (Fsp3) is 0.364. The highest BCUT2D eigenvalue weighted by Gasteiger charge is 2.13. The van der Waals surface area contributed by atoms with Gasteiger partial charge in [0.15, 0.2) is 0 Å². The topological polar surface area (TPSA) is 33.6 Å². The maximum atomic E-state index is 5.17. The summed E-state index contributed by atoms with van der Waals surface area (Å²) >= 11 is 0. The maximum absolute atomic E-state index is 5.17. The standard InChI is InChI=1S/C11H14N2O.ClH/c1-2-4-10(5-3-1)9-14-13-8-11-6-12-7-11;/h1-5,8,11-12H,6-7,9H2;1H. The van der Waals surface area contributed by atoms with Gasteiger partial charge in [-0.1, -0.05) is 35.5 Å². The van der Waals surface area contributed by atoms with Crippen LogP contribution in [0.25, 0.3) is 0 Å². The molecule has 1 aliphatic heterocycles. The van der Waals surface area contributed by atoms with Crippen molar-refractivity contribution in [1.29, 1.82) is 0 Å². The lowest BCUT2D eigenvalue weighted by Crippen LogP contribution is -2.42. The van der Waals surface area contributed by atoms with Crippen molar-refractivity contribution in [3.63, 3.8) is 0 Å². The van der Waals surface area contributed by atoms with Crippen LogP contribution in [0.15, 0.2) is 35.5 Å². The molecule has 0 atom stereocenters. The van der Waals surface area contributed by atoms with Crippen LogP contribution in [0.1, 0.15) is 5.56 Å². The second kappa shape index (κ2) is 6.43. The quantitative estimate of drug-likeness (QED) is 0.628. The van der Waals surface area contributed by atoms with Crippen LogP contribution in [0.2, 0.25) is 0 Å². The largest absolute Gasteiger partial charge is 0.391 e. The van der Waals surface area contributed by atoms with Gasteiger partial charge >= 0.3 is 0 Å². The molecule has 0 radical (unpaired) electrons. The van der Waals surface area contributed by atoms with Crippen LogP contribution in [0, 0.1) is 5.92 Å². The number of rotatable bonds is 4. The maximum Gasteiger partial charge on any atom is 0.142 e. The van der Waals surface area contributed by atoms with E-state index in [9.17, 15) is 0 Å². The fourth-order valence-corrected chi connectivity index (χ4v) is 1.23. The van der Waals surface area contributed by atoms with E-state index in [2.05, 4.69) is 10.5 Å². The first-order chi connectivity index (χ1) is 6.95. The molecular weight excluding hydrogens is 212 g/mol. The minimum Gasteiger partial charge on any atom is -0.391 e. The average Bonchev–Trinajstić information content (AvgIpc) is 2.16. The van der Waals surface area contributed by atoms with E-state index in [1.807, 2.05) is 36.5 Å². The molecule has 15 heavy (non-hydrogen) atoms. The van der Waals surface area contributed by atoms with E-state index in [0.29, 0.717) is 12.5 Å². The van der Waals surface area contributed by atoms with E-state index in [1.165, 1.54) is 0 Å². The monoisotopic (exact) mass is 226 g/mol. The molecule has 1 aromatic carbocycles. The zero-order valence-corrected chi connectivity index (χ0v) is 9.24. The Morgan fingerprint density at radius 3 is 2.67 bits per heavy atom. The molecule has 2 rings (SSSR count). The SMILES string of the molecule is C(=NOCc1ccccc1)C1CNC1.Cl. The predicted octanol–water partition coefficient (Wildman–Crippen LogP) is 1.83. The number of nitrogens with one attached hydrogen (secondary N) is 1. The minimum absolute atomic E-state index is 0. The zero-order chi connectivity index (χ0) is 9.64. The third kappa shape index (κ3) is 3.90. The molecule has 0 aliphatic carbocycles. The number of hydrogen-bond acceptors (Lipinski definition) is 3. The Kier molecular flexibility index (Phi) is 5.15. The molecule has 1 aliphatic rings. The smallest absolute Gasteiger partial charge is 0.142 e. The molecule has 1 heterocycles. The van der Waals surface area contributed by atoms with E-state index < -0.39 is 0 Å². The van der Waals surface area contributed by atoms with Crippen molar-refractivity contribution in [2.24, 2.45) is 11.1 Å². The first-order valence-corrected chi connectivity index (χ1v) is 4.85. The normalized spacial score (nSPS) is 15.7. The first kappa shape index (κ1) is 12.0. The third-order valence-corrected chi connectivity index (χ3v) is 2.23. The van der Waals surface area contributed by atoms with Gasteiger partial charge in [0, 0.05) is 25.2 Å². The van der Waals surface area contributed by atoms with Gasteiger partial charge in [0.05, 0.1) is 0 Å². The lowest BCUT2D eigenvalue weighted by atomic mass is 10.1. The Hall–Kier alpha value is -1.06. The Balaban J connectivity index is 0.00000112. The summed E-state index contributed by atoms with van der Waals surface area (Å²) in [6, 6.07) is 10.0. The van der Waals surface area contributed by atoms with Gasteiger partial charge in [-0.25, -0.2) is 0 Å². The summed E-state index contributed by atoms with van der Waals surface area (Å²) in [6.45, 7) is 2.61. The van der Waals surface area contributed by atoms with Gasteiger partial charge < -0.3 is 10.2 Å². The molecule has 0 unspecified atom stereocenters.